The summed E-state index contributed by atoms with van der Waals surface area (Å²) in [5.41, 5.74) is 6.61. The lowest BCUT2D eigenvalue weighted by molar-refractivity contribution is -0.125. The maximum absolute atomic E-state index is 12.4. The molecule has 132 valence electrons. The summed E-state index contributed by atoms with van der Waals surface area (Å²) >= 11 is 0. The van der Waals surface area contributed by atoms with Crippen molar-refractivity contribution in [2.75, 3.05) is 13.1 Å². The average molecular weight is 352 g/mol. The van der Waals surface area contributed by atoms with Gasteiger partial charge in [-0.2, -0.15) is 0 Å². The first-order chi connectivity index (χ1) is 11.1. The van der Waals surface area contributed by atoms with Gasteiger partial charge in [0.2, 0.25) is 5.91 Å². The third kappa shape index (κ3) is 4.48. The van der Waals surface area contributed by atoms with E-state index < -0.39 is 0 Å². The Morgan fingerprint density at radius 2 is 1.71 bits per heavy atom. The van der Waals surface area contributed by atoms with Gasteiger partial charge in [-0.3, -0.25) is 9.59 Å². The molecule has 3 rings (SSSR count). The fourth-order valence-corrected chi connectivity index (χ4v) is 3.56. The number of benzene rings is 1. The highest BCUT2D eigenvalue weighted by Gasteiger charge is 2.30. The van der Waals surface area contributed by atoms with Crippen LogP contribution in [-0.4, -0.2) is 41.9 Å². The Hall–Kier alpha value is -1.59. The first kappa shape index (κ1) is 18.7. The van der Waals surface area contributed by atoms with Crippen LogP contribution in [0.15, 0.2) is 30.3 Å². The lowest BCUT2D eigenvalue weighted by atomic mass is 10.0. The van der Waals surface area contributed by atoms with Crippen molar-refractivity contribution in [1.29, 1.82) is 0 Å². The maximum atomic E-state index is 12.4. The number of amides is 2. The number of hydrogen-bond donors (Lipinski definition) is 2. The minimum Gasteiger partial charge on any atom is -0.353 e. The van der Waals surface area contributed by atoms with Crippen LogP contribution in [0.5, 0.6) is 0 Å². The summed E-state index contributed by atoms with van der Waals surface area (Å²) in [5, 5.41) is 3.15. The Kier molecular flexibility index (Phi) is 6.63. The van der Waals surface area contributed by atoms with Gasteiger partial charge in [0.25, 0.3) is 5.91 Å². The Bertz CT molecular complexity index is 559. The molecule has 2 fully saturated rings. The second-order valence-corrected chi connectivity index (χ2v) is 6.71. The van der Waals surface area contributed by atoms with Gasteiger partial charge in [0, 0.05) is 36.7 Å². The lowest BCUT2D eigenvalue weighted by Crippen LogP contribution is -2.47. The number of carbonyl (C=O) groups is 2. The standard InChI is InChI=1S/C18H25N3O2.ClH/c19-15-7-6-14(12-15)17(22)20-16-8-10-21(11-9-16)18(23)13-4-2-1-3-5-13;/h1-5,14-16H,6-12,19H2,(H,20,22);1H. The van der Waals surface area contributed by atoms with Crippen molar-refractivity contribution in [1.82, 2.24) is 10.2 Å². The highest BCUT2D eigenvalue weighted by atomic mass is 35.5. The van der Waals surface area contributed by atoms with Gasteiger partial charge in [0.05, 0.1) is 0 Å². The van der Waals surface area contributed by atoms with Crippen LogP contribution in [0.2, 0.25) is 0 Å². The topological polar surface area (TPSA) is 75.4 Å². The fraction of sp³-hybridized carbons (Fsp3) is 0.556. The molecule has 0 spiro atoms. The largest absolute Gasteiger partial charge is 0.353 e. The highest BCUT2D eigenvalue weighted by Crippen LogP contribution is 2.25. The summed E-state index contributed by atoms with van der Waals surface area (Å²) in [6.07, 6.45) is 4.30. The van der Waals surface area contributed by atoms with Crippen LogP contribution in [0, 0.1) is 5.92 Å². The zero-order chi connectivity index (χ0) is 16.2. The summed E-state index contributed by atoms with van der Waals surface area (Å²) in [6, 6.07) is 9.72. The van der Waals surface area contributed by atoms with Crippen LogP contribution in [0.3, 0.4) is 0 Å². The number of likely N-dealkylation sites (tertiary alicyclic amines) is 1. The van der Waals surface area contributed by atoms with Crippen LogP contribution in [0.1, 0.15) is 42.5 Å². The van der Waals surface area contributed by atoms with Gasteiger partial charge >= 0.3 is 0 Å². The Labute approximate surface area is 149 Å². The second-order valence-electron chi connectivity index (χ2n) is 6.71. The molecule has 1 saturated heterocycles. The number of nitrogens with zero attached hydrogens (tertiary/aromatic N) is 1. The monoisotopic (exact) mass is 351 g/mol. The summed E-state index contributed by atoms with van der Waals surface area (Å²) in [7, 11) is 0. The van der Waals surface area contributed by atoms with Crippen LogP contribution < -0.4 is 11.1 Å². The molecule has 2 atom stereocenters. The molecule has 5 nitrogen and oxygen atoms in total. The van der Waals surface area contributed by atoms with Crippen LogP contribution in [0.4, 0.5) is 0 Å². The zero-order valence-corrected chi connectivity index (χ0v) is 14.6. The second kappa shape index (κ2) is 8.49. The predicted octanol–water partition coefficient (Wildman–Crippen LogP) is 1.96. The van der Waals surface area contributed by atoms with Gasteiger partial charge in [-0.15, -0.1) is 12.4 Å². The molecule has 1 saturated carbocycles. The molecule has 1 aliphatic heterocycles. The molecule has 3 N–H and O–H groups in total. The van der Waals surface area contributed by atoms with Gasteiger partial charge in [0.1, 0.15) is 0 Å². The quantitative estimate of drug-likeness (QED) is 0.874. The molecular weight excluding hydrogens is 326 g/mol. The average Bonchev–Trinajstić information content (AvgIpc) is 3.02. The van der Waals surface area contributed by atoms with Crippen molar-refractivity contribution in [3.8, 4) is 0 Å². The van der Waals surface area contributed by atoms with Crippen molar-refractivity contribution < 1.29 is 9.59 Å². The number of nitrogens with two attached hydrogens (primary N) is 1. The predicted molar refractivity (Wildman–Crippen MR) is 96.1 cm³/mol. The Balaban J connectivity index is 0.00000208. The number of rotatable bonds is 3. The minimum atomic E-state index is 0. The van der Waals surface area contributed by atoms with Crippen molar-refractivity contribution in [3.05, 3.63) is 35.9 Å². The number of nitrogens with one attached hydrogen (secondary N) is 1. The smallest absolute Gasteiger partial charge is 0.253 e. The molecule has 0 radical (unpaired) electrons. The van der Waals surface area contributed by atoms with E-state index in [1.165, 1.54) is 0 Å². The van der Waals surface area contributed by atoms with E-state index in [2.05, 4.69) is 5.32 Å². The van der Waals surface area contributed by atoms with Crippen molar-refractivity contribution in [2.45, 2.75) is 44.2 Å². The molecule has 2 unspecified atom stereocenters. The molecule has 2 amide bonds. The van der Waals surface area contributed by atoms with E-state index >= 15 is 0 Å². The van der Waals surface area contributed by atoms with Crippen molar-refractivity contribution in [3.63, 3.8) is 0 Å². The lowest BCUT2D eigenvalue weighted by Gasteiger charge is -2.33. The molecule has 0 aromatic heterocycles. The van der Waals surface area contributed by atoms with Gasteiger partial charge in [-0.1, -0.05) is 18.2 Å². The molecule has 24 heavy (non-hydrogen) atoms. The number of halogens is 1. The Morgan fingerprint density at radius 1 is 1.04 bits per heavy atom. The molecule has 2 aliphatic rings. The van der Waals surface area contributed by atoms with Crippen molar-refractivity contribution in [2.24, 2.45) is 11.7 Å². The molecule has 1 aromatic rings. The third-order valence-corrected chi connectivity index (χ3v) is 4.99. The van der Waals surface area contributed by atoms with E-state index in [9.17, 15) is 9.59 Å². The first-order valence-corrected chi connectivity index (χ1v) is 8.54. The Morgan fingerprint density at radius 3 is 2.29 bits per heavy atom. The maximum Gasteiger partial charge on any atom is 0.253 e. The summed E-state index contributed by atoms with van der Waals surface area (Å²) in [5.74, 6) is 0.303. The van der Waals surface area contributed by atoms with Gasteiger partial charge in [-0.25, -0.2) is 0 Å². The van der Waals surface area contributed by atoms with Crippen LogP contribution in [-0.2, 0) is 4.79 Å². The molecule has 0 bridgehead atoms. The first-order valence-electron chi connectivity index (χ1n) is 8.54. The molecule has 1 aromatic carbocycles. The number of carbonyl (C=O) groups excluding carboxylic acids is 2. The summed E-state index contributed by atoms with van der Waals surface area (Å²) < 4.78 is 0. The number of hydrogen-bond acceptors (Lipinski definition) is 3. The van der Waals surface area contributed by atoms with Crippen molar-refractivity contribution >= 4 is 24.2 Å². The molecule has 1 aliphatic carbocycles. The summed E-state index contributed by atoms with van der Waals surface area (Å²) in [4.78, 5) is 26.5. The third-order valence-electron chi connectivity index (χ3n) is 4.99. The number of piperidine rings is 1. The molecule has 1 heterocycles. The minimum absolute atomic E-state index is 0. The van der Waals surface area contributed by atoms with E-state index in [1.54, 1.807) is 0 Å². The molecule has 6 heteroatoms. The fourth-order valence-electron chi connectivity index (χ4n) is 3.56. The summed E-state index contributed by atoms with van der Waals surface area (Å²) in [6.45, 7) is 1.39. The highest BCUT2D eigenvalue weighted by molar-refractivity contribution is 5.94. The van der Waals surface area contributed by atoms with E-state index in [1.807, 2.05) is 35.2 Å². The van der Waals surface area contributed by atoms with Gasteiger partial charge in [-0.05, 0) is 44.2 Å². The van der Waals surface area contributed by atoms with Gasteiger partial charge < -0.3 is 16.0 Å². The van der Waals surface area contributed by atoms with E-state index in [-0.39, 0.29) is 42.2 Å². The normalized spacial score (nSPS) is 24.3. The van der Waals surface area contributed by atoms with Gasteiger partial charge in [0.15, 0.2) is 0 Å². The molecular formula is C18H26ClN3O2. The van der Waals surface area contributed by atoms with E-state index in [0.717, 1.165) is 37.7 Å². The van der Waals surface area contributed by atoms with Crippen LogP contribution >= 0.6 is 12.4 Å². The van der Waals surface area contributed by atoms with E-state index in [0.29, 0.717) is 13.1 Å². The van der Waals surface area contributed by atoms with E-state index in [4.69, 9.17) is 5.73 Å². The van der Waals surface area contributed by atoms with Crippen LogP contribution in [0.25, 0.3) is 0 Å². The zero-order valence-electron chi connectivity index (χ0n) is 13.8. The SMILES string of the molecule is Cl.NC1CCC(C(=O)NC2CCN(C(=O)c3ccccc3)CC2)C1.